The zero-order valence-electron chi connectivity index (χ0n) is 6.32. The van der Waals surface area contributed by atoms with E-state index < -0.39 is 0 Å². The van der Waals surface area contributed by atoms with Crippen LogP contribution >= 0.6 is 0 Å². The molecule has 0 aromatic carbocycles. The number of cyclic esters (lactones) is 1. The van der Waals surface area contributed by atoms with Gasteiger partial charge in [-0.3, -0.25) is 0 Å². The van der Waals surface area contributed by atoms with Gasteiger partial charge in [0.05, 0.1) is 0 Å². The third kappa shape index (κ3) is 1.68. The van der Waals surface area contributed by atoms with Crippen molar-refractivity contribution in [1.29, 1.82) is 0 Å². The summed E-state index contributed by atoms with van der Waals surface area (Å²) in [6.07, 6.45) is 4.03. The van der Waals surface area contributed by atoms with E-state index in [0.29, 0.717) is 0 Å². The average Bonchev–Trinajstić information content (AvgIpc) is 2.04. The minimum Gasteiger partial charge on any atom is -0.452 e. The highest BCUT2D eigenvalue weighted by Gasteiger charge is 2.23. The van der Waals surface area contributed by atoms with E-state index >= 15 is 0 Å². The summed E-state index contributed by atoms with van der Waals surface area (Å²) in [5, 5.41) is 0. The highest BCUT2D eigenvalue weighted by molar-refractivity contribution is 5.83. The van der Waals surface area contributed by atoms with Crippen molar-refractivity contribution in [3.05, 3.63) is 24.8 Å². The van der Waals surface area contributed by atoms with Gasteiger partial charge in [-0.05, 0) is 12.2 Å². The van der Waals surface area contributed by atoms with Crippen molar-refractivity contribution in [3.63, 3.8) is 0 Å². The highest BCUT2D eigenvalue weighted by Crippen LogP contribution is 2.11. The number of ether oxygens (including phenoxy) is 2. The van der Waals surface area contributed by atoms with Gasteiger partial charge in [0.25, 0.3) is 0 Å². The Kier molecular flexibility index (Phi) is 2.44. The molecule has 0 saturated heterocycles. The molecule has 0 saturated carbocycles. The fourth-order valence-corrected chi connectivity index (χ4v) is 0.918. The molecule has 0 aromatic rings. The summed E-state index contributed by atoms with van der Waals surface area (Å²) in [6, 6.07) is 0. The van der Waals surface area contributed by atoms with Crippen molar-refractivity contribution in [1.82, 2.24) is 0 Å². The molecule has 11 heavy (non-hydrogen) atoms. The highest BCUT2D eigenvalue weighted by atomic mass is 16.6. The second-order valence-electron chi connectivity index (χ2n) is 2.20. The number of carbonyl (C=O) groups excluding carboxylic acids is 1. The van der Waals surface area contributed by atoms with Crippen LogP contribution in [-0.2, 0) is 14.3 Å². The Morgan fingerprint density at radius 3 is 3.09 bits per heavy atom. The van der Waals surface area contributed by atoms with Gasteiger partial charge in [0.1, 0.15) is 12.2 Å². The molecule has 0 bridgehead atoms. The standard InChI is InChI=1S/C8H10O3/c1-3-6-7(10-2)4-5-8(9)11-6/h3-7H,1H2,2H3/t6-,7+/m1/s1. The molecular formula is C8H10O3. The Balaban J connectivity index is 2.70. The third-order valence-corrected chi connectivity index (χ3v) is 1.50. The van der Waals surface area contributed by atoms with E-state index in [-0.39, 0.29) is 18.2 Å². The molecular weight excluding hydrogens is 144 g/mol. The SMILES string of the molecule is C=C[C@H]1OC(=O)C=C[C@@H]1OC. The molecule has 1 aliphatic heterocycles. The quantitative estimate of drug-likeness (QED) is 0.433. The van der Waals surface area contributed by atoms with Gasteiger partial charge in [-0.1, -0.05) is 6.58 Å². The van der Waals surface area contributed by atoms with Crippen LogP contribution in [0.15, 0.2) is 24.8 Å². The summed E-state index contributed by atoms with van der Waals surface area (Å²) in [5.74, 6) is -0.344. The van der Waals surface area contributed by atoms with Gasteiger partial charge in [0.15, 0.2) is 0 Å². The fourth-order valence-electron chi connectivity index (χ4n) is 0.918. The first-order valence-corrected chi connectivity index (χ1v) is 3.32. The summed E-state index contributed by atoms with van der Waals surface area (Å²) < 4.78 is 9.88. The summed E-state index contributed by atoms with van der Waals surface area (Å²) >= 11 is 0. The molecule has 0 fully saturated rings. The van der Waals surface area contributed by atoms with Crippen LogP contribution in [0.4, 0.5) is 0 Å². The van der Waals surface area contributed by atoms with E-state index in [1.165, 1.54) is 6.08 Å². The molecule has 0 radical (unpaired) electrons. The van der Waals surface area contributed by atoms with Crippen molar-refractivity contribution < 1.29 is 14.3 Å². The van der Waals surface area contributed by atoms with Gasteiger partial charge in [0, 0.05) is 13.2 Å². The van der Waals surface area contributed by atoms with Crippen LogP contribution in [0.25, 0.3) is 0 Å². The van der Waals surface area contributed by atoms with Gasteiger partial charge in [-0.15, -0.1) is 0 Å². The van der Waals surface area contributed by atoms with Crippen LogP contribution in [0.1, 0.15) is 0 Å². The van der Waals surface area contributed by atoms with E-state index in [4.69, 9.17) is 9.47 Å². The predicted molar refractivity (Wildman–Crippen MR) is 40.0 cm³/mol. The van der Waals surface area contributed by atoms with Crippen LogP contribution in [0, 0.1) is 0 Å². The van der Waals surface area contributed by atoms with Crippen LogP contribution in [0.3, 0.4) is 0 Å². The maximum atomic E-state index is 10.7. The topological polar surface area (TPSA) is 35.5 Å². The van der Waals surface area contributed by atoms with Gasteiger partial charge in [-0.2, -0.15) is 0 Å². The minimum atomic E-state index is -0.350. The number of esters is 1. The Morgan fingerprint density at radius 2 is 2.55 bits per heavy atom. The van der Waals surface area contributed by atoms with E-state index in [1.807, 2.05) is 0 Å². The molecule has 60 valence electrons. The van der Waals surface area contributed by atoms with Gasteiger partial charge in [0.2, 0.25) is 0 Å². The molecule has 0 unspecified atom stereocenters. The normalized spacial score (nSPS) is 29.7. The Morgan fingerprint density at radius 1 is 1.82 bits per heavy atom. The van der Waals surface area contributed by atoms with Crippen molar-refractivity contribution in [3.8, 4) is 0 Å². The summed E-state index contributed by atoms with van der Waals surface area (Å²) in [6.45, 7) is 3.53. The summed E-state index contributed by atoms with van der Waals surface area (Å²) in [5.41, 5.74) is 0. The molecule has 0 N–H and O–H groups in total. The molecule has 0 spiro atoms. The van der Waals surface area contributed by atoms with Crippen LogP contribution in [-0.4, -0.2) is 25.3 Å². The molecule has 1 heterocycles. The molecule has 0 amide bonds. The zero-order valence-corrected chi connectivity index (χ0v) is 6.32. The molecule has 2 atom stereocenters. The average molecular weight is 154 g/mol. The first kappa shape index (κ1) is 8.01. The first-order valence-electron chi connectivity index (χ1n) is 3.32. The maximum Gasteiger partial charge on any atom is 0.331 e. The minimum absolute atomic E-state index is 0.190. The van der Waals surface area contributed by atoms with E-state index in [0.717, 1.165) is 0 Å². The third-order valence-electron chi connectivity index (χ3n) is 1.50. The Bertz CT molecular complexity index is 196. The Labute approximate surface area is 65.3 Å². The number of methoxy groups -OCH3 is 1. The number of rotatable bonds is 2. The second kappa shape index (κ2) is 3.34. The van der Waals surface area contributed by atoms with Crippen molar-refractivity contribution >= 4 is 5.97 Å². The molecule has 1 aliphatic rings. The van der Waals surface area contributed by atoms with Crippen molar-refractivity contribution in [2.75, 3.05) is 7.11 Å². The molecule has 0 aromatic heterocycles. The lowest BCUT2D eigenvalue weighted by atomic mass is 10.1. The lowest BCUT2D eigenvalue weighted by Crippen LogP contribution is -2.32. The van der Waals surface area contributed by atoms with Crippen molar-refractivity contribution in [2.45, 2.75) is 12.2 Å². The van der Waals surface area contributed by atoms with Crippen LogP contribution < -0.4 is 0 Å². The van der Waals surface area contributed by atoms with E-state index in [1.54, 1.807) is 19.3 Å². The smallest absolute Gasteiger partial charge is 0.331 e. The second-order valence-corrected chi connectivity index (χ2v) is 2.20. The summed E-state index contributed by atoms with van der Waals surface area (Å²) in [4.78, 5) is 10.7. The largest absolute Gasteiger partial charge is 0.452 e. The lowest BCUT2D eigenvalue weighted by molar-refractivity contribution is -0.146. The number of carbonyl (C=O) groups is 1. The Hall–Kier alpha value is -1.09. The van der Waals surface area contributed by atoms with Crippen LogP contribution in [0.5, 0.6) is 0 Å². The number of hydrogen-bond donors (Lipinski definition) is 0. The summed E-state index contributed by atoms with van der Waals surface area (Å²) in [7, 11) is 1.56. The van der Waals surface area contributed by atoms with Crippen molar-refractivity contribution in [2.24, 2.45) is 0 Å². The monoisotopic (exact) mass is 154 g/mol. The van der Waals surface area contributed by atoms with Gasteiger partial charge < -0.3 is 9.47 Å². The molecule has 0 aliphatic carbocycles. The van der Waals surface area contributed by atoms with E-state index in [9.17, 15) is 4.79 Å². The molecule has 3 heteroatoms. The zero-order chi connectivity index (χ0) is 8.27. The molecule has 3 nitrogen and oxygen atoms in total. The maximum absolute atomic E-state index is 10.7. The van der Waals surface area contributed by atoms with Gasteiger partial charge in [-0.25, -0.2) is 4.79 Å². The molecule has 1 rings (SSSR count). The number of hydrogen-bond acceptors (Lipinski definition) is 3. The van der Waals surface area contributed by atoms with Crippen LogP contribution in [0.2, 0.25) is 0 Å². The van der Waals surface area contributed by atoms with E-state index in [2.05, 4.69) is 6.58 Å². The fraction of sp³-hybridized carbons (Fsp3) is 0.375. The van der Waals surface area contributed by atoms with Gasteiger partial charge >= 0.3 is 5.97 Å². The first-order chi connectivity index (χ1) is 5.27. The predicted octanol–water partition coefficient (Wildman–Crippen LogP) is 0.669. The lowest BCUT2D eigenvalue weighted by Gasteiger charge is -2.23.